The molecule has 0 saturated heterocycles. The highest BCUT2D eigenvalue weighted by Gasteiger charge is 2.15. The molecule has 0 aliphatic rings. The van der Waals surface area contributed by atoms with Crippen molar-refractivity contribution in [2.75, 3.05) is 5.32 Å². The third-order valence-electron chi connectivity index (χ3n) is 3.32. The van der Waals surface area contributed by atoms with Crippen LogP contribution in [0.2, 0.25) is 10.0 Å². The lowest BCUT2D eigenvalue weighted by Crippen LogP contribution is -2.12. The van der Waals surface area contributed by atoms with Crippen molar-refractivity contribution >= 4 is 45.6 Å². The Morgan fingerprint density at radius 2 is 1.77 bits per heavy atom. The average molecular weight is 332 g/mol. The van der Waals surface area contributed by atoms with Crippen LogP contribution in [0.1, 0.15) is 10.4 Å². The predicted octanol–water partition coefficient (Wildman–Crippen LogP) is 5.10. The standard InChI is InChI=1S/C17H11Cl2NO2/c18-11-6-8-14(19)15(9-11)20-17(22)13-7-5-10-3-1-2-4-12(10)16(13)21/h1-9,21H,(H,20,22). The van der Waals surface area contributed by atoms with E-state index in [4.69, 9.17) is 23.2 Å². The summed E-state index contributed by atoms with van der Waals surface area (Å²) >= 11 is 11.9. The zero-order valence-electron chi connectivity index (χ0n) is 11.3. The van der Waals surface area contributed by atoms with E-state index in [2.05, 4.69) is 5.32 Å². The molecule has 0 fully saturated rings. The fourth-order valence-electron chi connectivity index (χ4n) is 2.22. The second-order valence-corrected chi connectivity index (χ2v) is 5.60. The van der Waals surface area contributed by atoms with Crippen molar-refractivity contribution in [1.82, 2.24) is 0 Å². The van der Waals surface area contributed by atoms with Crippen LogP contribution in [0.3, 0.4) is 0 Å². The van der Waals surface area contributed by atoms with Crippen molar-refractivity contribution in [2.24, 2.45) is 0 Å². The summed E-state index contributed by atoms with van der Waals surface area (Å²) in [5.41, 5.74) is 0.571. The van der Waals surface area contributed by atoms with Gasteiger partial charge in [-0.15, -0.1) is 0 Å². The predicted molar refractivity (Wildman–Crippen MR) is 90.0 cm³/mol. The molecule has 3 aromatic carbocycles. The lowest BCUT2D eigenvalue weighted by molar-refractivity contribution is 0.102. The van der Waals surface area contributed by atoms with Gasteiger partial charge in [0, 0.05) is 10.4 Å². The SMILES string of the molecule is O=C(Nc1cc(Cl)ccc1Cl)c1ccc2ccccc2c1O. The number of amides is 1. The Morgan fingerprint density at radius 1 is 1.00 bits per heavy atom. The maximum absolute atomic E-state index is 12.4. The smallest absolute Gasteiger partial charge is 0.259 e. The minimum Gasteiger partial charge on any atom is -0.506 e. The molecule has 0 unspecified atom stereocenters. The van der Waals surface area contributed by atoms with Crippen molar-refractivity contribution < 1.29 is 9.90 Å². The maximum atomic E-state index is 12.4. The third kappa shape index (κ3) is 2.73. The van der Waals surface area contributed by atoms with Gasteiger partial charge in [-0.3, -0.25) is 4.79 Å². The normalized spacial score (nSPS) is 10.6. The average Bonchev–Trinajstić information content (AvgIpc) is 2.51. The minimum absolute atomic E-state index is 0.0613. The van der Waals surface area contributed by atoms with Gasteiger partial charge in [-0.05, 0) is 29.7 Å². The monoisotopic (exact) mass is 331 g/mol. The summed E-state index contributed by atoms with van der Waals surface area (Å²) < 4.78 is 0. The Labute approximate surface area is 137 Å². The van der Waals surface area contributed by atoms with Gasteiger partial charge in [-0.25, -0.2) is 0 Å². The Hall–Kier alpha value is -2.23. The summed E-state index contributed by atoms with van der Waals surface area (Å²) in [5.74, 6) is -0.513. The summed E-state index contributed by atoms with van der Waals surface area (Å²) in [6.07, 6.45) is 0. The van der Waals surface area contributed by atoms with Crippen LogP contribution >= 0.6 is 23.2 Å². The van der Waals surface area contributed by atoms with Crippen molar-refractivity contribution in [3.05, 3.63) is 70.2 Å². The number of benzene rings is 3. The molecule has 22 heavy (non-hydrogen) atoms. The Bertz CT molecular complexity index is 878. The van der Waals surface area contributed by atoms with Crippen molar-refractivity contribution in [3.8, 4) is 5.75 Å². The number of aromatic hydroxyl groups is 1. The van der Waals surface area contributed by atoms with E-state index in [0.29, 0.717) is 21.1 Å². The van der Waals surface area contributed by atoms with Gasteiger partial charge in [0.15, 0.2) is 0 Å². The molecule has 0 bridgehead atoms. The number of carbonyl (C=O) groups excluding carboxylic acids is 1. The van der Waals surface area contributed by atoms with Crippen LogP contribution in [0.5, 0.6) is 5.75 Å². The first-order valence-electron chi connectivity index (χ1n) is 6.53. The van der Waals surface area contributed by atoms with Gasteiger partial charge in [-0.2, -0.15) is 0 Å². The molecule has 1 amide bonds. The molecule has 0 spiro atoms. The quantitative estimate of drug-likeness (QED) is 0.685. The minimum atomic E-state index is -0.451. The summed E-state index contributed by atoms with van der Waals surface area (Å²) in [4.78, 5) is 12.4. The zero-order chi connectivity index (χ0) is 15.7. The lowest BCUT2D eigenvalue weighted by atomic mass is 10.0. The van der Waals surface area contributed by atoms with Crippen LogP contribution in [0.15, 0.2) is 54.6 Å². The first-order valence-corrected chi connectivity index (χ1v) is 7.29. The van der Waals surface area contributed by atoms with Crippen LogP contribution in [0.25, 0.3) is 10.8 Å². The molecule has 0 aromatic heterocycles. The number of hydrogen-bond donors (Lipinski definition) is 2. The van der Waals surface area contributed by atoms with Crippen LogP contribution in [0, 0.1) is 0 Å². The maximum Gasteiger partial charge on any atom is 0.259 e. The van der Waals surface area contributed by atoms with E-state index >= 15 is 0 Å². The van der Waals surface area contributed by atoms with Crippen LogP contribution in [0.4, 0.5) is 5.69 Å². The van der Waals surface area contributed by atoms with E-state index in [9.17, 15) is 9.90 Å². The summed E-state index contributed by atoms with van der Waals surface area (Å²) in [6.45, 7) is 0. The molecule has 0 atom stereocenters. The van der Waals surface area contributed by atoms with Crippen LogP contribution < -0.4 is 5.32 Å². The molecular formula is C17H11Cl2NO2. The molecule has 3 rings (SSSR count). The first kappa shape index (κ1) is 14.7. The van der Waals surface area contributed by atoms with Gasteiger partial charge >= 0.3 is 0 Å². The van der Waals surface area contributed by atoms with Crippen LogP contribution in [-0.2, 0) is 0 Å². The van der Waals surface area contributed by atoms with Crippen molar-refractivity contribution in [1.29, 1.82) is 0 Å². The molecule has 3 nitrogen and oxygen atoms in total. The van der Waals surface area contributed by atoms with Gasteiger partial charge in [0.1, 0.15) is 5.75 Å². The second-order valence-electron chi connectivity index (χ2n) is 4.76. The van der Waals surface area contributed by atoms with E-state index < -0.39 is 5.91 Å². The Balaban J connectivity index is 1.99. The summed E-state index contributed by atoms with van der Waals surface area (Å²) in [7, 11) is 0. The largest absolute Gasteiger partial charge is 0.506 e. The number of fused-ring (bicyclic) bond motifs is 1. The van der Waals surface area contributed by atoms with E-state index in [0.717, 1.165) is 5.39 Å². The summed E-state index contributed by atoms with van der Waals surface area (Å²) in [5, 5.41) is 15.3. The van der Waals surface area contributed by atoms with Gasteiger partial charge in [0.05, 0.1) is 16.3 Å². The number of carbonyl (C=O) groups is 1. The van der Waals surface area contributed by atoms with Gasteiger partial charge in [0.2, 0.25) is 0 Å². The second kappa shape index (κ2) is 5.87. The molecule has 0 aliphatic heterocycles. The topological polar surface area (TPSA) is 49.3 Å². The van der Waals surface area contributed by atoms with E-state index in [1.54, 1.807) is 42.5 Å². The van der Waals surface area contributed by atoms with Crippen LogP contribution in [-0.4, -0.2) is 11.0 Å². The number of phenolic OH excluding ortho intramolecular Hbond substituents is 1. The summed E-state index contributed by atoms with van der Waals surface area (Å²) in [6, 6.07) is 15.4. The molecular weight excluding hydrogens is 321 g/mol. The number of anilines is 1. The molecule has 0 radical (unpaired) electrons. The van der Waals surface area contributed by atoms with Crippen molar-refractivity contribution in [3.63, 3.8) is 0 Å². The number of phenols is 1. The highest BCUT2D eigenvalue weighted by Crippen LogP contribution is 2.30. The molecule has 5 heteroatoms. The zero-order valence-corrected chi connectivity index (χ0v) is 12.8. The third-order valence-corrected chi connectivity index (χ3v) is 3.89. The number of nitrogens with one attached hydrogen (secondary N) is 1. The molecule has 0 saturated carbocycles. The van der Waals surface area contributed by atoms with Gasteiger partial charge in [0.25, 0.3) is 5.91 Å². The number of halogens is 2. The molecule has 110 valence electrons. The van der Waals surface area contributed by atoms with Crippen molar-refractivity contribution in [2.45, 2.75) is 0 Å². The molecule has 3 aromatic rings. The van der Waals surface area contributed by atoms with E-state index in [1.165, 1.54) is 0 Å². The lowest BCUT2D eigenvalue weighted by Gasteiger charge is -2.10. The Kier molecular flexibility index (Phi) is 3.92. The highest BCUT2D eigenvalue weighted by molar-refractivity contribution is 6.36. The Morgan fingerprint density at radius 3 is 2.59 bits per heavy atom. The number of hydrogen-bond acceptors (Lipinski definition) is 2. The number of rotatable bonds is 2. The molecule has 0 heterocycles. The molecule has 0 aliphatic carbocycles. The highest BCUT2D eigenvalue weighted by atomic mass is 35.5. The van der Waals surface area contributed by atoms with E-state index in [-0.39, 0.29) is 11.3 Å². The molecule has 2 N–H and O–H groups in total. The van der Waals surface area contributed by atoms with E-state index in [1.807, 2.05) is 12.1 Å². The van der Waals surface area contributed by atoms with Gasteiger partial charge < -0.3 is 10.4 Å². The fraction of sp³-hybridized carbons (Fsp3) is 0. The fourth-order valence-corrected chi connectivity index (χ4v) is 2.56. The first-order chi connectivity index (χ1) is 10.6. The van der Waals surface area contributed by atoms with Gasteiger partial charge in [-0.1, -0.05) is 53.5 Å².